The Bertz CT molecular complexity index is 856. The zero-order chi connectivity index (χ0) is 24.2. The maximum absolute atomic E-state index is 12.9. The van der Waals surface area contributed by atoms with E-state index in [9.17, 15) is 32.7 Å². The van der Waals surface area contributed by atoms with E-state index < -0.39 is 30.3 Å². The topological polar surface area (TPSA) is 113 Å². The average molecular weight is 471 g/mol. The van der Waals surface area contributed by atoms with Gasteiger partial charge in [-0.2, -0.15) is 0 Å². The van der Waals surface area contributed by atoms with E-state index in [2.05, 4.69) is 4.74 Å². The minimum atomic E-state index is -4.78. The first kappa shape index (κ1) is 24.8. The Morgan fingerprint density at radius 1 is 1.15 bits per heavy atom. The van der Waals surface area contributed by atoms with Crippen LogP contribution in [0.15, 0.2) is 24.3 Å². The van der Waals surface area contributed by atoms with Crippen molar-refractivity contribution in [1.29, 1.82) is 0 Å². The molecule has 0 spiro atoms. The molecule has 0 radical (unpaired) electrons. The van der Waals surface area contributed by atoms with Gasteiger partial charge < -0.3 is 25.4 Å². The van der Waals surface area contributed by atoms with Crippen molar-refractivity contribution >= 4 is 17.8 Å². The summed E-state index contributed by atoms with van der Waals surface area (Å²) in [5, 5.41) is 9.59. The molecule has 2 heterocycles. The summed E-state index contributed by atoms with van der Waals surface area (Å²) in [7, 11) is 0. The van der Waals surface area contributed by atoms with E-state index in [0.29, 0.717) is 25.1 Å². The smallest absolute Gasteiger partial charge is 0.480 e. The number of amides is 2. The van der Waals surface area contributed by atoms with Crippen molar-refractivity contribution in [3.05, 3.63) is 29.8 Å². The number of nitrogens with two attached hydrogens (primary N) is 1. The van der Waals surface area contributed by atoms with Crippen molar-refractivity contribution in [3.8, 4) is 5.75 Å². The number of hydrogen-bond donors (Lipinski definition) is 2. The largest absolute Gasteiger partial charge is 0.573 e. The van der Waals surface area contributed by atoms with Gasteiger partial charge in [0.15, 0.2) is 0 Å². The Hall–Kier alpha value is -2.82. The van der Waals surface area contributed by atoms with Crippen LogP contribution in [0.2, 0.25) is 0 Å². The summed E-state index contributed by atoms with van der Waals surface area (Å²) in [6, 6.07) is 3.35. The van der Waals surface area contributed by atoms with Crippen molar-refractivity contribution in [3.63, 3.8) is 0 Å². The summed E-state index contributed by atoms with van der Waals surface area (Å²) >= 11 is 0. The highest BCUT2D eigenvalue weighted by atomic mass is 19.4. The third-order valence-corrected chi connectivity index (χ3v) is 6.08. The van der Waals surface area contributed by atoms with Gasteiger partial charge in [0.25, 0.3) is 0 Å². The van der Waals surface area contributed by atoms with Crippen LogP contribution < -0.4 is 10.5 Å². The summed E-state index contributed by atoms with van der Waals surface area (Å²) in [6.07, 6.45) is -1.98. The van der Waals surface area contributed by atoms with Gasteiger partial charge in [0.2, 0.25) is 11.8 Å². The Morgan fingerprint density at radius 3 is 2.36 bits per heavy atom. The molecule has 2 fully saturated rings. The highest BCUT2D eigenvalue weighted by Gasteiger charge is 2.41. The van der Waals surface area contributed by atoms with E-state index in [0.717, 1.165) is 12.8 Å². The van der Waals surface area contributed by atoms with Crippen LogP contribution in [0.25, 0.3) is 0 Å². The van der Waals surface area contributed by atoms with Crippen LogP contribution in [0.5, 0.6) is 5.75 Å². The molecule has 33 heavy (non-hydrogen) atoms. The molecule has 182 valence electrons. The first-order valence-corrected chi connectivity index (χ1v) is 10.9. The molecule has 2 saturated heterocycles. The zero-order valence-corrected chi connectivity index (χ0v) is 18.1. The molecular formula is C22H28F3N3O5. The third kappa shape index (κ3) is 6.83. The number of carbonyl (C=O) groups excluding carboxylic acids is 2. The van der Waals surface area contributed by atoms with Crippen LogP contribution in [-0.4, -0.2) is 70.8 Å². The SMILES string of the molecule is NC(CCC(=O)N1CCCC1)C(=O)N1CC(Cc2ccc(OC(F)(F)F)cc2)C[C@H]1C(=O)O. The van der Waals surface area contributed by atoms with Gasteiger partial charge in [0.05, 0.1) is 6.04 Å². The number of aliphatic carboxylic acids is 1. The van der Waals surface area contributed by atoms with Gasteiger partial charge in [-0.25, -0.2) is 4.79 Å². The van der Waals surface area contributed by atoms with Crippen LogP contribution in [0, 0.1) is 5.92 Å². The second-order valence-corrected chi connectivity index (χ2v) is 8.58. The van der Waals surface area contributed by atoms with Crippen LogP contribution in [-0.2, 0) is 20.8 Å². The number of ether oxygens (including phenoxy) is 1. The number of rotatable bonds is 8. The lowest BCUT2D eigenvalue weighted by atomic mass is 9.97. The van der Waals surface area contributed by atoms with E-state index >= 15 is 0 Å². The first-order valence-electron chi connectivity index (χ1n) is 10.9. The molecule has 2 amide bonds. The summed E-state index contributed by atoms with van der Waals surface area (Å²) in [5.74, 6) is -2.23. The number of nitrogens with zero attached hydrogens (tertiary/aromatic N) is 2. The zero-order valence-electron chi connectivity index (χ0n) is 18.1. The number of likely N-dealkylation sites (tertiary alicyclic amines) is 2. The molecule has 0 saturated carbocycles. The van der Waals surface area contributed by atoms with Crippen LogP contribution in [0.3, 0.4) is 0 Å². The highest BCUT2D eigenvalue weighted by molar-refractivity contribution is 5.88. The Morgan fingerprint density at radius 2 is 1.79 bits per heavy atom. The molecule has 3 atom stereocenters. The lowest BCUT2D eigenvalue weighted by molar-refractivity contribution is -0.274. The number of halogens is 3. The Labute approximate surface area is 189 Å². The van der Waals surface area contributed by atoms with E-state index in [4.69, 9.17) is 5.73 Å². The maximum atomic E-state index is 12.9. The Kier molecular flexibility index (Phi) is 7.83. The van der Waals surface area contributed by atoms with Gasteiger partial charge >= 0.3 is 12.3 Å². The highest BCUT2D eigenvalue weighted by Crippen LogP contribution is 2.29. The Balaban J connectivity index is 1.56. The number of alkyl halides is 3. The van der Waals surface area contributed by atoms with Crippen LogP contribution in [0.1, 0.15) is 37.7 Å². The molecule has 0 aliphatic carbocycles. The summed E-state index contributed by atoms with van der Waals surface area (Å²) in [6.45, 7) is 1.59. The van der Waals surface area contributed by atoms with Gasteiger partial charge in [-0.1, -0.05) is 12.1 Å². The monoisotopic (exact) mass is 471 g/mol. The van der Waals surface area contributed by atoms with Gasteiger partial charge in [0, 0.05) is 26.1 Å². The standard InChI is InChI=1S/C22H28F3N3O5/c23-22(24,25)33-16-5-3-14(4-6-16)11-15-12-18(21(31)32)28(13-15)20(30)17(26)7-8-19(29)27-9-1-2-10-27/h3-6,15,17-18H,1-2,7-13,26H2,(H,31,32)/t15?,17?,18-/m0/s1. The quantitative estimate of drug-likeness (QED) is 0.601. The lowest BCUT2D eigenvalue weighted by Gasteiger charge is -2.25. The predicted molar refractivity (Wildman–Crippen MR) is 111 cm³/mol. The number of carbonyl (C=O) groups is 3. The van der Waals surface area contributed by atoms with Crippen molar-refractivity contribution in [2.45, 2.75) is 57.0 Å². The normalized spacial score (nSPS) is 21.8. The van der Waals surface area contributed by atoms with Crippen molar-refractivity contribution in [2.24, 2.45) is 11.7 Å². The van der Waals surface area contributed by atoms with E-state index in [1.54, 1.807) is 4.90 Å². The molecule has 0 bridgehead atoms. The number of benzene rings is 1. The number of hydrogen-bond acceptors (Lipinski definition) is 5. The minimum absolute atomic E-state index is 0.0530. The van der Waals surface area contributed by atoms with Gasteiger partial charge in [-0.05, 0) is 55.7 Å². The van der Waals surface area contributed by atoms with Crippen molar-refractivity contribution in [1.82, 2.24) is 9.80 Å². The molecule has 2 aliphatic rings. The van der Waals surface area contributed by atoms with Crippen LogP contribution >= 0.6 is 0 Å². The lowest BCUT2D eigenvalue weighted by Crippen LogP contribution is -2.48. The van der Waals surface area contributed by atoms with Gasteiger partial charge in [-0.15, -0.1) is 13.2 Å². The average Bonchev–Trinajstić information content (AvgIpc) is 3.42. The van der Waals surface area contributed by atoms with Gasteiger partial charge in [0.1, 0.15) is 11.8 Å². The van der Waals surface area contributed by atoms with Crippen LogP contribution in [0.4, 0.5) is 13.2 Å². The molecule has 3 rings (SSSR count). The minimum Gasteiger partial charge on any atom is -0.480 e. The van der Waals surface area contributed by atoms with Crippen molar-refractivity contribution in [2.75, 3.05) is 19.6 Å². The number of carboxylic acids is 1. The maximum Gasteiger partial charge on any atom is 0.573 e. The molecule has 11 heteroatoms. The fourth-order valence-corrected chi connectivity index (χ4v) is 4.45. The van der Waals surface area contributed by atoms with Crippen molar-refractivity contribution < 1.29 is 37.4 Å². The van der Waals surface area contributed by atoms with E-state index in [1.165, 1.54) is 29.2 Å². The summed E-state index contributed by atoms with van der Waals surface area (Å²) in [5.41, 5.74) is 6.71. The summed E-state index contributed by atoms with van der Waals surface area (Å²) in [4.78, 5) is 39.8. The molecule has 0 aromatic heterocycles. The van der Waals surface area contributed by atoms with Gasteiger partial charge in [-0.3, -0.25) is 9.59 Å². The first-order chi connectivity index (χ1) is 15.5. The summed E-state index contributed by atoms with van der Waals surface area (Å²) < 4.78 is 40.8. The molecule has 1 aromatic carbocycles. The molecule has 3 N–H and O–H groups in total. The molecule has 8 nitrogen and oxygen atoms in total. The second-order valence-electron chi connectivity index (χ2n) is 8.58. The fraction of sp³-hybridized carbons (Fsp3) is 0.591. The molecule has 2 unspecified atom stereocenters. The van der Waals surface area contributed by atoms with E-state index in [-0.39, 0.29) is 43.4 Å². The predicted octanol–water partition coefficient (Wildman–Crippen LogP) is 2.16. The second kappa shape index (κ2) is 10.4. The molecule has 1 aromatic rings. The fourth-order valence-electron chi connectivity index (χ4n) is 4.45. The molecule has 2 aliphatic heterocycles. The number of carboxylic acid groups (broad SMARTS) is 1. The third-order valence-electron chi connectivity index (χ3n) is 6.08. The molecular weight excluding hydrogens is 443 g/mol. The van der Waals surface area contributed by atoms with E-state index in [1.807, 2.05) is 0 Å².